The lowest BCUT2D eigenvalue weighted by Crippen LogP contribution is -2.26. The van der Waals surface area contributed by atoms with Crippen LogP contribution >= 0.6 is 23.2 Å². The van der Waals surface area contributed by atoms with Crippen LogP contribution < -0.4 is 4.90 Å². The van der Waals surface area contributed by atoms with E-state index in [0.29, 0.717) is 22.2 Å². The summed E-state index contributed by atoms with van der Waals surface area (Å²) < 4.78 is 0. The number of anilines is 1. The van der Waals surface area contributed by atoms with E-state index in [1.54, 1.807) is 29.2 Å². The second-order valence-electron chi connectivity index (χ2n) is 4.84. The highest BCUT2D eigenvalue weighted by molar-refractivity contribution is 6.37. The third kappa shape index (κ3) is 2.82. The van der Waals surface area contributed by atoms with Gasteiger partial charge in [-0.2, -0.15) is 0 Å². The molecule has 1 aliphatic rings. The van der Waals surface area contributed by atoms with E-state index in [9.17, 15) is 4.79 Å². The van der Waals surface area contributed by atoms with Crippen molar-refractivity contribution in [3.63, 3.8) is 0 Å². The molecule has 1 heterocycles. The summed E-state index contributed by atoms with van der Waals surface area (Å²) in [6.45, 7) is 0.707. The monoisotopic (exact) mass is 317 g/mol. The molecule has 2 aromatic rings. The number of hydrogen-bond donors (Lipinski definition) is 0. The zero-order chi connectivity index (χ0) is 14.8. The van der Waals surface area contributed by atoms with Crippen molar-refractivity contribution in [2.24, 2.45) is 0 Å². The highest BCUT2D eigenvalue weighted by Crippen LogP contribution is 2.29. The van der Waals surface area contributed by atoms with Crippen molar-refractivity contribution in [3.05, 3.63) is 69.7 Å². The van der Waals surface area contributed by atoms with Crippen molar-refractivity contribution in [2.45, 2.75) is 6.42 Å². The molecule has 106 valence electrons. The first-order valence-electron chi connectivity index (χ1n) is 6.68. The minimum Gasteiger partial charge on any atom is -0.308 e. The molecule has 0 unspecified atom stereocenters. The predicted octanol–water partition coefficient (Wildman–Crippen LogP) is 4.60. The van der Waals surface area contributed by atoms with Gasteiger partial charge in [0.05, 0.1) is 0 Å². The Morgan fingerprint density at radius 2 is 1.76 bits per heavy atom. The van der Waals surface area contributed by atoms with Gasteiger partial charge in [-0.05, 0) is 36.3 Å². The standard InChI is InChI=1S/C17H13Cl2NO/c18-14-5-3-6-15(19)13(14)8-9-17(21)20-11-10-12-4-1-2-7-16(12)20/h1-9H,10-11H2. The number of carbonyl (C=O) groups excluding carboxylic acids is 1. The van der Waals surface area contributed by atoms with Gasteiger partial charge in [-0.3, -0.25) is 4.79 Å². The quantitative estimate of drug-likeness (QED) is 0.741. The maximum absolute atomic E-state index is 12.4. The smallest absolute Gasteiger partial charge is 0.251 e. The van der Waals surface area contributed by atoms with Crippen LogP contribution in [0.5, 0.6) is 0 Å². The predicted molar refractivity (Wildman–Crippen MR) is 88.0 cm³/mol. The number of amides is 1. The molecule has 0 bridgehead atoms. The number of halogens is 2. The normalized spacial score (nSPS) is 13.7. The molecule has 0 aliphatic carbocycles. The third-order valence-corrected chi connectivity index (χ3v) is 4.20. The Balaban J connectivity index is 1.83. The molecule has 1 amide bonds. The van der Waals surface area contributed by atoms with Gasteiger partial charge >= 0.3 is 0 Å². The van der Waals surface area contributed by atoms with Crippen LogP contribution in [0.3, 0.4) is 0 Å². The van der Waals surface area contributed by atoms with Crippen LogP contribution in [0.1, 0.15) is 11.1 Å². The van der Waals surface area contributed by atoms with E-state index in [2.05, 4.69) is 6.07 Å². The maximum atomic E-state index is 12.4. The molecular formula is C17H13Cl2NO. The SMILES string of the molecule is O=C(C=Cc1c(Cl)cccc1Cl)N1CCc2ccccc21. The first-order chi connectivity index (χ1) is 10.2. The molecule has 0 spiro atoms. The Bertz CT molecular complexity index is 704. The van der Waals surface area contributed by atoms with Gasteiger partial charge in [0.1, 0.15) is 0 Å². The average Bonchev–Trinajstić information content (AvgIpc) is 2.90. The highest BCUT2D eigenvalue weighted by atomic mass is 35.5. The summed E-state index contributed by atoms with van der Waals surface area (Å²) in [5, 5.41) is 1.07. The Morgan fingerprint density at radius 3 is 2.52 bits per heavy atom. The number of carbonyl (C=O) groups is 1. The van der Waals surface area contributed by atoms with Crippen molar-refractivity contribution in [1.82, 2.24) is 0 Å². The summed E-state index contributed by atoms with van der Waals surface area (Å²) in [4.78, 5) is 14.1. The zero-order valence-electron chi connectivity index (χ0n) is 11.2. The molecule has 0 N–H and O–H groups in total. The summed E-state index contributed by atoms with van der Waals surface area (Å²) in [6.07, 6.45) is 4.09. The van der Waals surface area contributed by atoms with Crippen molar-refractivity contribution in [2.75, 3.05) is 11.4 Å². The van der Waals surface area contributed by atoms with E-state index in [4.69, 9.17) is 23.2 Å². The Labute approximate surface area is 133 Å². The fraction of sp³-hybridized carbons (Fsp3) is 0.118. The third-order valence-electron chi connectivity index (χ3n) is 3.55. The van der Waals surface area contributed by atoms with E-state index in [1.807, 2.05) is 18.2 Å². The van der Waals surface area contributed by atoms with Gasteiger partial charge in [0.25, 0.3) is 5.91 Å². The topological polar surface area (TPSA) is 20.3 Å². The minimum atomic E-state index is -0.0593. The van der Waals surface area contributed by atoms with Crippen molar-refractivity contribution in [3.8, 4) is 0 Å². The van der Waals surface area contributed by atoms with Crippen LogP contribution in [0.15, 0.2) is 48.5 Å². The molecule has 2 aromatic carbocycles. The Morgan fingerprint density at radius 1 is 1.05 bits per heavy atom. The highest BCUT2D eigenvalue weighted by Gasteiger charge is 2.22. The first kappa shape index (κ1) is 14.2. The lowest BCUT2D eigenvalue weighted by Gasteiger charge is -2.14. The molecule has 2 nitrogen and oxygen atoms in total. The van der Waals surface area contributed by atoms with Gasteiger partial charge in [0.2, 0.25) is 0 Å². The molecule has 21 heavy (non-hydrogen) atoms. The minimum absolute atomic E-state index is 0.0593. The fourth-order valence-corrected chi connectivity index (χ4v) is 3.01. The fourth-order valence-electron chi connectivity index (χ4n) is 2.48. The molecule has 0 saturated carbocycles. The average molecular weight is 318 g/mol. The molecule has 0 saturated heterocycles. The summed E-state index contributed by atoms with van der Waals surface area (Å²) in [7, 11) is 0. The van der Waals surface area contributed by atoms with E-state index in [0.717, 1.165) is 12.1 Å². The number of benzene rings is 2. The molecule has 0 aromatic heterocycles. The summed E-state index contributed by atoms with van der Waals surface area (Å²) >= 11 is 12.2. The molecule has 3 rings (SSSR count). The van der Waals surface area contributed by atoms with Gasteiger partial charge in [0, 0.05) is 33.9 Å². The van der Waals surface area contributed by atoms with E-state index in [1.165, 1.54) is 11.6 Å². The maximum Gasteiger partial charge on any atom is 0.251 e. The van der Waals surface area contributed by atoms with Crippen LogP contribution in [0.4, 0.5) is 5.69 Å². The lowest BCUT2D eigenvalue weighted by molar-refractivity contribution is -0.114. The van der Waals surface area contributed by atoms with Gasteiger partial charge < -0.3 is 4.90 Å². The van der Waals surface area contributed by atoms with E-state index < -0.39 is 0 Å². The Kier molecular flexibility index (Phi) is 4.00. The molecule has 1 aliphatic heterocycles. The van der Waals surface area contributed by atoms with Crippen LogP contribution in [0.25, 0.3) is 6.08 Å². The van der Waals surface area contributed by atoms with Gasteiger partial charge in [-0.15, -0.1) is 0 Å². The van der Waals surface area contributed by atoms with Crippen LogP contribution in [0, 0.1) is 0 Å². The van der Waals surface area contributed by atoms with Gasteiger partial charge in [0.15, 0.2) is 0 Å². The van der Waals surface area contributed by atoms with Crippen molar-refractivity contribution < 1.29 is 4.79 Å². The summed E-state index contributed by atoms with van der Waals surface area (Å²) in [5.41, 5.74) is 2.86. The number of hydrogen-bond acceptors (Lipinski definition) is 1. The number of para-hydroxylation sites is 1. The molecule has 0 atom stereocenters. The lowest BCUT2D eigenvalue weighted by atomic mass is 10.2. The summed E-state index contributed by atoms with van der Waals surface area (Å²) in [6, 6.07) is 13.2. The van der Waals surface area contributed by atoms with Crippen molar-refractivity contribution >= 4 is 40.9 Å². The Hall–Kier alpha value is -1.77. The number of nitrogens with zero attached hydrogens (tertiary/aromatic N) is 1. The molecule has 0 fully saturated rings. The number of fused-ring (bicyclic) bond motifs is 1. The van der Waals surface area contributed by atoms with E-state index in [-0.39, 0.29) is 5.91 Å². The summed E-state index contributed by atoms with van der Waals surface area (Å²) in [5.74, 6) is -0.0593. The molecule has 4 heteroatoms. The van der Waals surface area contributed by atoms with E-state index >= 15 is 0 Å². The van der Waals surface area contributed by atoms with Gasteiger partial charge in [-0.1, -0.05) is 47.5 Å². The second-order valence-corrected chi connectivity index (χ2v) is 5.65. The van der Waals surface area contributed by atoms with Crippen LogP contribution in [-0.2, 0) is 11.2 Å². The van der Waals surface area contributed by atoms with Crippen molar-refractivity contribution in [1.29, 1.82) is 0 Å². The first-order valence-corrected chi connectivity index (χ1v) is 7.44. The second kappa shape index (κ2) is 5.92. The number of rotatable bonds is 2. The van der Waals surface area contributed by atoms with Crippen LogP contribution in [0.2, 0.25) is 10.0 Å². The molecular weight excluding hydrogens is 305 g/mol. The molecule has 0 radical (unpaired) electrons. The largest absolute Gasteiger partial charge is 0.308 e. The van der Waals surface area contributed by atoms with Gasteiger partial charge in [-0.25, -0.2) is 0 Å². The van der Waals surface area contributed by atoms with Crippen LogP contribution in [-0.4, -0.2) is 12.5 Å². The zero-order valence-corrected chi connectivity index (χ0v) is 12.7.